The molecule has 1 amide bonds. The van der Waals surface area contributed by atoms with Crippen molar-refractivity contribution in [3.05, 3.63) is 69.7 Å². The van der Waals surface area contributed by atoms with Crippen LogP contribution in [-0.4, -0.2) is 37.1 Å². The van der Waals surface area contributed by atoms with E-state index in [1.165, 1.54) is 5.56 Å². The fourth-order valence-corrected chi connectivity index (χ4v) is 3.17. The molecule has 5 heteroatoms. The fourth-order valence-electron chi connectivity index (χ4n) is 2.91. The van der Waals surface area contributed by atoms with Gasteiger partial charge in [0.25, 0.3) is 0 Å². The Hall–Kier alpha value is -1.69. The molecule has 0 unspecified atom stereocenters. The van der Waals surface area contributed by atoms with Gasteiger partial charge in [0.15, 0.2) is 0 Å². The largest absolute Gasteiger partial charge is 0.379 e. The Labute approximate surface area is 157 Å². The summed E-state index contributed by atoms with van der Waals surface area (Å²) < 4.78 is 6.41. The van der Waals surface area contributed by atoms with Crippen molar-refractivity contribution in [2.24, 2.45) is 0 Å². The lowest BCUT2D eigenvalue weighted by Gasteiger charge is -2.26. The molecule has 0 radical (unpaired) electrons. The summed E-state index contributed by atoms with van der Waals surface area (Å²) >= 11 is 3.40. The third kappa shape index (κ3) is 5.96. The van der Waals surface area contributed by atoms with Gasteiger partial charge in [-0.2, -0.15) is 0 Å². The van der Waals surface area contributed by atoms with Gasteiger partial charge in [0, 0.05) is 30.7 Å². The third-order valence-electron chi connectivity index (χ3n) is 4.27. The van der Waals surface area contributed by atoms with Gasteiger partial charge in [-0.25, -0.2) is 0 Å². The zero-order chi connectivity index (χ0) is 17.5. The molecule has 1 fully saturated rings. The lowest BCUT2D eigenvalue weighted by Crippen LogP contribution is -2.35. The van der Waals surface area contributed by atoms with Gasteiger partial charge >= 0.3 is 0 Å². The lowest BCUT2D eigenvalue weighted by atomic mass is 10.1. The van der Waals surface area contributed by atoms with E-state index in [2.05, 4.69) is 50.4 Å². The van der Waals surface area contributed by atoms with Crippen LogP contribution in [0.25, 0.3) is 0 Å². The van der Waals surface area contributed by atoms with Gasteiger partial charge in [0.2, 0.25) is 5.91 Å². The number of rotatable bonds is 6. The molecule has 2 aromatic carbocycles. The molecule has 1 heterocycles. The molecule has 0 aliphatic carbocycles. The molecular formula is C20H23BrN2O2. The number of ether oxygens (including phenoxy) is 1. The van der Waals surface area contributed by atoms with Crippen LogP contribution in [0.5, 0.6) is 0 Å². The minimum Gasteiger partial charge on any atom is -0.379 e. The van der Waals surface area contributed by atoms with E-state index in [9.17, 15) is 4.79 Å². The normalized spacial score (nSPS) is 15.1. The number of halogens is 1. The molecular weight excluding hydrogens is 380 g/mol. The maximum absolute atomic E-state index is 12.1. The van der Waals surface area contributed by atoms with E-state index in [0.29, 0.717) is 13.0 Å². The van der Waals surface area contributed by atoms with Gasteiger partial charge < -0.3 is 10.1 Å². The van der Waals surface area contributed by atoms with Gasteiger partial charge in [-0.1, -0.05) is 52.3 Å². The second-order valence-electron chi connectivity index (χ2n) is 6.29. The van der Waals surface area contributed by atoms with Crippen LogP contribution < -0.4 is 5.32 Å². The van der Waals surface area contributed by atoms with Gasteiger partial charge in [-0.05, 0) is 28.8 Å². The summed E-state index contributed by atoms with van der Waals surface area (Å²) in [4.78, 5) is 14.5. The van der Waals surface area contributed by atoms with Crippen molar-refractivity contribution in [1.29, 1.82) is 0 Å². The molecule has 132 valence electrons. The van der Waals surface area contributed by atoms with Crippen molar-refractivity contribution < 1.29 is 9.53 Å². The Morgan fingerprint density at radius 2 is 1.76 bits per heavy atom. The number of carbonyl (C=O) groups is 1. The molecule has 1 N–H and O–H groups in total. The minimum absolute atomic E-state index is 0.0425. The Morgan fingerprint density at radius 3 is 2.52 bits per heavy atom. The molecule has 2 aromatic rings. The highest BCUT2D eigenvalue weighted by atomic mass is 79.9. The van der Waals surface area contributed by atoms with Gasteiger partial charge in [0.1, 0.15) is 0 Å². The Balaban J connectivity index is 1.49. The molecule has 4 nitrogen and oxygen atoms in total. The first-order valence-corrected chi connectivity index (χ1v) is 9.37. The van der Waals surface area contributed by atoms with Crippen LogP contribution >= 0.6 is 15.9 Å². The molecule has 0 atom stereocenters. The van der Waals surface area contributed by atoms with Crippen molar-refractivity contribution >= 4 is 21.8 Å². The number of morpholine rings is 1. The van der Waals surface area contributed by atoms with E-state index in [1.807, 2.05) is 24.3 Å². The van der Waals surface area contributed by atoms with Crippen LogP contribution in [0.15, 0.2) is 53.0 Å². The second kappa shape index (κ2) is 9.13. The maximum atomic E-state index is 12.1. The van der Waals surface area contributed by atoms with Gasteiger partial charge in [-0.15, -0.1) is 0 Å². The number of nitrogens with one attached hydrogen (secondary N) is 1. The quantitative estimate of drug-likeness (QED) is 0.806. The van der Waals surface area contributed by atoms with E-state index in [-0.39, 0.29) is 5.91 Å². The molecule has 1 aliphatic heterocycles. The van der Waals surface area contributed by atoms with Crippen LogP contribution in [0.3, 0.4) is 0 Å². The number of carbonyl (C=O) groups excluding carboxylic acids is 1. The molecule has 3 rings (SSSR count). The summed E-state index contributed by atoms with van der Waals surface area (Å²) in [7, 11) is 0. The lowest BCUT2D eigenvalue weighted by molar-refractivity contribution is -0.120. The maximum Gasteiger partial charge on any atom is 0.224 e. The summed E-state index contributed by atoms with van der Waals surface area (Å²) in [6.07, 6.45) is 0.404. The fraction of sp³-hybridized carbons (Fsp3) is 0.350. The molecule has 0 spiro atoms. The summed E-state index contributed by atoms with van der Waals surface area (Å²) in [5.41, 5.74) is 3.43. The summed E-state index contributed by atoms with van der Waals surface area (Å²) in [5.74, 6) is 0.0425. The predicted molar refractivity (Wildman–Crippen MR) is 102 cm³/mol. The number of nitrogens with zero attached hydrogens (tertiary/aromatic N) is 1. The Bertz CT molecular complexity index is 697. The SMILES string of the molecule is O=C(Cc1ccc(Br)cc1)NCc1cccc(CN2CCOCC2)c1. The Morgan fingerprint density at radius 1 is 1.04 bits per heavy atom. The average molecular weight is 403 g/mol. The molecule has 1 aliphatic rings. The van der Waals surface area contributed by atoms with Gasteiger partial charge in [0.05, 0.1) is 19.6 Å². The summed E-state index contributed by atoms with van der Waals surface area (Å²) in [5, 5.41) is 3.01. The van der Waals surface area contributed by atoms with Crippen molar-refractivity contribution in [3.8, 4) is 0 Å². The zero-order valence-corrected chi connectivity index (χ0v) is 15.8. The molecule has 1 saturated heterocycles. The standard InChI is InChI=1S/C20H23BrN2O2/c21-19-6-4-16(5-7-19)13-20(24)22-14-17-2-1-3-18(12-17)15-23-8-10-25-11-9-23/h1-7,12H,8-11,13-15H2,(H,22,24). The second-order valence-corrected chi connectivity index (χ2v) is 7.20. The number of amides is 1. The van der Waals surface area contributed by atoms with Crippen LogP contribution in [0.1, 0.15) is 16.7 Å². The number of benzene rings is 2. The van der Waals surface area contributed by atoms with E-state index < -0.39 is 0 Å². The Kier molecular flexibility index (Phi) is 6.62. The van der Waals surface area contributed by atoms with Gasteiger partial charge in [-0.3, -0.25) is 9.69 Å². The van der Waals surface area contributed by atoms with E-state index in [1.54, 1.807) is 0 Å². The molecule has 0 saturated carbocycles. The average Bonchev–Trinajstić information content (AvgIpc) is 2.63. The van der Waals surface area contributed by atoms with Crippen LogP contribution in [-0.2, 0) is 29.0 Å². The number of hydrogen-bond donors (Lipinski definition) is 1. The van der Waals surface area contributed by atoms with E-state index >= 15 is 0 Å². The van der Waals surface area contributed by atoms with Crippen molar-refractivity contribution in [1.82, 2.24) is 10.2 Å². The topological polar surface area (TPSA) is 41.6 Å². The van der Waals surface area contributed by atoms with Crippen molar-refractivity contribution in [2.75, 3.05) is 26.3 Å². The van der Waals surface area contributed by atoms with Crippen LogP contribution in [0.4, 0.5) is 0 Å². The zero-order valence-electron chi connectivity index (χ0n) is 14.2. The third-order valence-corrected chi connectivity index (χ3v) is 4.80. The van der Waals surface area contributed by atoms with Crippen molar-refractivity contribution in [2.45, 2.75) is 19.5 Å². The first-order chi connectivity index (χ1) is 12.2. The van der Waals surface area contributed by atoms with Crippen LogP contribution in [0, 0.1) is 0 Å². The molecule has 0 aromatic heterocycles. The number of hydrogen-bond acceptors (Lipinski definition) is 3. The van der Waals surface area contributed by atoms with Crippen LogP contribution in [0.2, 0.25) is 0 Å². The minimum atomic E-state index is 0.0425. The predicted octanol–water partition coefficient (Wildman–Crippen LogP) is 3.14. The van der Waals surface area contributed by atoms with E-state index in [0.717, 1.165) is 48.4 Å². The smallest absolute Gasteiger partial charge is 0.224 e. The molecule has 25 heavy (non-hydrogen) atoms. The highest BCUT2D eigenvalue weighted by Gasteiger charge is 2.11. The highest BCUT2D eigenvalue weighted by Crippen LogP contribution is 2.12. The van der Waals surface area contributed by atoms with Crippen molar-refractivity contribution in [3.63, 3.8) is 0 Å². The van der Waals surface area contributed by atoms with E-state index in [4.69, 9.17) is 4.74 Å². The first-order valence-electron chi connectivity index (χ1n) is 8.58. The first kappa shape index (κ1) is 18.1. The molecule has 0 bridgehead atoms. The highest BCUT2D eigenvalue weighted by molar-refractivity contribution is 9.10. The summed E-state index contributed by atoms with van der Waals surface area (Å²) in [6, 6.07) is 16.3. The summed E-state index contributed by atoms with van der Waals surface area (Å²) in [6.45, 7) is 5.08. The monoisotopic (exact) mass is 402 g/mol.